The standard InChI is InChI=1S/C16H20SSi/c17-13-7-8-14-18(15-9-3-1-4-10-15)16-11-5-2-6-12-16/h1-6,9-12,17-18H,7-8,13-14H2. The third-order valence-corrected chi connectivity index (χ3v) is 6.99. The monoisotopic (exact) mass is 272 g/mol. The van der Waals surface area contributed by atoms with E-state index in [1.165, 1.54) is 18.9 Å². The third kappa shape index (κ3) is 3.75. The van der Waals surface area contributed by atoms with Crippen LogP contribution in [0.15, 0.2) is 60.7 Å². The maximum Gasteiger partial charge on any atom is 0.103 e. The number of rotatable bonds is 6. The summed E-state index contributed by atoms with van der Waals surface area (Å²) in [5.41, 5.74) is 0. The van der Waals surface area contributed by atoms with Crippen LogP contribution in [0.4, 0.5) is 0 Å². The second-order valence-corrected chi connectivity index (χ2v) is 8.06. The van der Waals surface area contributed by atoms with Gasteiger partial charge in [0.1, 0.15) is 8.80 Å². The van der Waals surface area contributed by atoms with Gasteiger partial charge in [0.25, 0.3) is 0 Å². The lowest BCUT2D eigenvalue weighted by molar-refractivity contribution is 0.891. The average molecular weight is 272 g/mol. The summed E-state index contributed by atoms with van der Waals surface area (Å²) in [6, 6.07) is 23.4. The molecule has 18 heavy (non-hydrogen) atoms. The molecule has 0 N–H and O–H groups in total. The number of benzene rings is 2. The molecule has 0 atom stereocenters. The van der Waals surface area contributed by atoms with Gasteiger partial charge >= 0.3 is 0 Å². The van der Waals surface area contributed by atoms with E-state index in [-0.39, 0.29) is 0 Å². The Morgan fingerprint density at radius 3 is 1.67 bits per heavy atom. The van der Waals surface area contributed by atoms with Gasteiger partial charge < -0.3 is 0 Å². The highest BCUT2D eigenvalue weighted by Gasteiger charge is 2.14. The molecule has 0 radical (unpaired) electrons. The van der Waals surface area contributed by atoms with Crippen molar-refractivity contribution in [2.75, 3.05) is 5.75 Å². The lowest BCUT2D eigenvalue weighted by Crippen LogP contribution is -2.41. The van der Waals surface area contributed by atoms with Crippen molar-refractivity contribution in [1.29, 1.82) is 0 Å². The van der Waals surface area contributed by atoms with Crippen LogP contribution in [0.25, 0.3) is 0 Å². The van der Waals surface area contributed by atoms with Crippen molar-refractivity contribution in [3.05, 3.63) is 60.7 Å². The van der Waals surface area contributed by atoms with E-state index < -0.39 is 8.80 Å². The molecule has 2 aromatic rings. The van der Waals surface area contributed by atoms with Gasteiger partial charge in [0.15, 0.2) is 0 Å². The van der Waals surface area contributed by atoms with Crippen molar-refractivity contribution in [3.63, 3.8) is 0 Å². The zero-order valence-corrected chi connectivity index (χ0v) is 12.7. The Balaban J connectivity index is 2.18. The molecule has 0 bridgehead atoms. The van der Waals surface area contributed by atoms with Gasteiger partial charge in [0.2, 0.25) is 0 Å². The van der Waals surface area contributed by atoms with Crippen molar-refractivity contribution in [2.45, 2.75) is 18.9 Å². The molecular weight excluding hydrogens is 252 g/mol. The predicted molar refractivity (Wildman–Crippen MR) is 87.2 cm³/mol. The molecule has 0 fully saturated rings. The molecule has 0 spiro atoms. The van der Waals surface area contributed by atoms with Gasteiger partial charge in [-0.25, -0.2) is 0 Å². The number of hydrogen-bond donors (Lipinski definition) is 1. The Labute approximate surface area is 117 Å². The average Bonchev–Trinajstić information content (AvgIpc) is 2.46. The highest BCUT2D eigenvalue weighted by atomic mass is 32.1. The Morgan fingerprint density at radius 1 is 0.722 bits per heavy atom. The van der Waals surface area contributed by atoms with Crippen LogP contribution in [0.2, 0.25) is 6.04 Å². The summed E-state index contributed by atoms with van der Waals surface area (Å²) in [7, 11) is -1.02. The van der Waals surface area contributed by atoms with E-state index in [4.69, 9.17) is 0 Å². The first-order valence-electron chi connectivity index (χ1n) is 6.62. The number of thiol groups is 1. The summed E-state index contributed by atoms with van der Waals surface area (Å²) >= 11 is 4.31. The highest BCUT2D eigenvalue weighted by Crippen LogP contribution is 2.04. The molecule has 0 saturated carbocycles. The van der Waals surface area contributed by atoms with E-state index in [0.29, 0.717) is 0 Å². The third-order valence-electron chi connectivity index (χ3n) is 3.30. The van der Waals surface area contributed by atoms with E-state index >= 15 is 0 Å². The first kappa shape index (κ1) is 13.4. The first-order valence-corrected chi connectivity index (χ1v) is 9.23. The molecule has 0 heterocycles. The van der Waals surface area contributed by atoms with Gasteiger partial charge in [-0.3, -0.25) is 0 Å². The summed E-state index contributed by atoms with van der Waals surface area (Å²) < 4.78 is 0. The molecule has 0 aliphatic carbocycles. The van der Waals surface area contributed by atoms with E-state index in [9.17, 15) is 0 Å². The second kappa shape index (κ2) is 7.44. The predicted octanol–water partition coefficient (Wildman–Crippen LogP) is 2.74. The zero-order valence-electron chi connectivity index (χ0n) is 10.6. The number of unbranched alkanes of at least 4 members (excludes halogenated alkanes) is 1. The van der Waals surface area contributed by atoms with Crippen LogP contribution in [-0.2, 0) is 0 Å². The van der Waals surface area contributed by atoms with Gasteiger partial charge in [-0.15, -0.1) is 0 Å². The zero-order chi connectivity index (χ0) is 12.6. The molecule has 0 saturated heterocycles. The lowest BCUT2D eigenvalue weighted by atomic mass is 10.4. The fourth-order valence-electron chi connectivity index (χ4n) is 2.36. The van der Waals surface area contributed by atoms with Gasteiger partial charge in [-0.1, -0.05) is 83.5 Å². The van der Waals surface area contributed by atoms with E-state index in [1.807, 2.05) is 0 Å². The van der Waals surface area contributed by atoms with Crippen LogP contribution in [0, 0.1) is 0 Å². The molecule has 0 aliphatic heterocycles. The van der Waals surface area contributed by atoms with Gasteiger partial charge in [0, 0.05) is 0 Å². The molecule has 0 aromatic heterocycles. The second-order valence-electron chi connectivity index (χ2n) is 4.59. The SMILES string of the molecule is SCCCC[SiH](c1ccccc1)c1ccccc1. The summed E-state index contributed by atoms with van der Waals surface area (Å²) in [5.74, 6) is 1.00. The number of hydrogen-bond acceptors (Lipinski definition) is 1. The van der Waals surface area contributed by atoms with E-state index in [2.05, 4.69) is 73.3 Å². The quantitative estimate of drug-likeness (QED) is 0.467. The molecule has 0 nitrogen and oxygen atoms in total. The Morgan fingerprint density at radius 2 is 1.22 bits per heavy atom. The minimum Gasteiger partial charge on any atom is -0.179 e. The molecule has 0 unspecified atom stereocenters. The topological polar surface area (TPSA) is 0 Å². The normalized spacial score (nSPS) is 10.8. The van der Waals surface area contributed by atoms with Gasteiger partial charge in [0.05, 0.1) is 0 Å². The van der Waals surface area contributed by atoms with Crippen LogP contribution in [0.1, 0.15) is 12.8 Å². The van der Waals surface area contributed by atoms with Crippen molar-refractivity contribution >= 4 is 31.8 Å². The maximum absolute atomic E-state index is 4.31. The van der Waals surface area contributed by atoms with Gasteiger partial charge in [-0.05, 0) is 12.2 Å². The molecule has 2 aromatic carbocycles. The molecule has 94 valence electrons. The lowest BCUT2D eigenvalue weighted by Gasteiger charge is -2.16. The summed E-state index contributed by atoms with van der Waals surface area (Å²) in [5, 5.41) is 3.12. The minimum atomic E-state index is -1.02. The van der Waals surface area contributed by atoms with Crippen LogP contribution in [-0.4, -0.2) is 14.5 Å². The maximum atomic E-state index is 4.31. The van der Waals surface area contributed by atoms with Crippen molar-refractivity contribution in [3.8, 4) is 0 Å². The summed E-state index contributed by atoms with van der Waals surface area (Å²) in [4.78, 5) is 0. The van der Waals surface area contributed by atoms with Crippen molar-refractivity contribution < 1.29 is 0 Å². The van der Waals surface area contributed by atoms with Crippen molar-refractivity contribution in [2.24, 2.45) is 0 Å². The Bertz CT molecular complexity index is 402. The van der Waals surface area contributed by atoms with Crippen LogP contribution >= 0.6 is 12.6 Å². The summed E-state index contributed by atoms with van der Waals surface area (Å²) in [6.07, 6.45) is 2.52. The van der Waals surface area contributed by atoms with Crippen molar-refractivity contribution in [1.82, 2.24) is 0 Å². The fraction of sp³-hybridized carbons (Fsp3) is 0.250. The molecular formula is C16H20SSi. The fourth-order valence-corrected chi connectivity index (χ4v) is 5.70. The molecule has 2 rings (SSSR count). The van der Waals surface area contributed by atoms with E-state index in [1.54, 1.807) is 10.4 Å². The van der Waals surface area contributed by atoms with Gasteiger partial charge in [-0.2, -0.15) is 12.6 Å². The first-order chi connectivity index (χ1) is 8.92. The highest BCUT2D eigenvalue weighted by molar-refractivity contribution is 7.80. The van der Waals surface area contributed by atoms with Crippen LogP contribution in [0.3, 0.4) is 0 Å². The molecule has 0 amide bonds. The molecule has 0 aliphatic rings. The minimum absolute atomic E-state index is 1.00. The van der Waals surface area contributed by atoms with Crippen LogP contribution < -0.4 is 10.4 Å². The Kier molecular flexibility index (Phi) is 5.56. The smallest absolute Gasteiger partial charge is 0.103 e. The molecule has 2 heteroatoms. The largest absolute Gasteiger partial charge is 0.179 e. The van der Waals surface area contributed by atoms with E-state index in [0.717, 1.165) is 5.75 Å². The van der Waals surface area contributed by atoms with Crippen LogP contribution in [0.5, 0.6) is 0 Å². The Hall–Kier alpha value is -0.993. The summed E-state index contributed by atoms with van der Waals surface area (Å²) in [6.45, 7) is 0.